The Bertz CT molecular complexity index is 714. The molecule has 0 aliphatic rings. The molecule has 0 heterocycles. The lowest BCUT2D eigenvalue weighted by Crippen LogP contribution is -2.20. The molecule has 2 aromatic rings. The van der Waals surface area contributed by atoms with Crippen LogP contribution < -0.4 is 5.43 Å². The highest BCUT2D eigenvalue weighted by Gasteiger charge is 2.14. The molecule has 0 aromatic heterocycles. The van der Waals surface area contributed by atoms with Crippen molar-refractivity contribution in [3.05, 3.63) is 74.2 Å². The van der Waals surface area contributed by atoms with Gasteiger partial charge >= 0.3 is 0 Å². The fourth-order valence-electron chi connectivity index (χ4n) is 1.78. The molecular formula is C15H12BrN3O3. The smallest absolute Gasteiger partial charge is 0.273 e. The molecule has 22 heavy (non-hydrogen) atoms. The zero-order valence-electron chi connectivity index (χ0n) is 11.4. The van der Waals surface area contributed by atoms with Gasteiger partial charge in [0.05, 0.1) is 17.6 Å². The predicted molar refractivity (Wildman–Crippen MR) is 86.7 cm³/mol. The minimum absolute atomic E-state index is 0.0745. The van der Waals surface area contributed by atoms with Crippen LogP contribution in [0.5, 0.6) is 0 Å². The van der Waals surface area contributed by atoms with Gasteiger partial charge in [0.1, 0.15) is 0 Å². The van der Waals surface area contributed by atoms with E-state index in [9.17, 15) is 14.9 Å². The van der Waals surface area contributed by atoms with Crippen LogP contribution in [0, 0.1) is 10.1 Å². The maximum atomic E-state index is 11.8. The second-order valence-electron chi connectivity index (χ2n) is 4.41. The number of benzene rings is 2. The molecule has 0 aliphatic carbocycles. The first kappa shape index (κ1) is 15.8. The molecule has 0 saturated heterocycles. The van der Waals surface area contributed by atoms with E-state index in [-0.39, 0.29) is 12.1 Å². The van der Waals surface area contributed by atoms with E-state index >= 15 is 0 Å². The summed E-state index contributed by atoms with van der Waals surface area (Å²) < 4.78 is 0.949. The zero-order chi connectivity index (χ0) is 15.9. The largest absolute Gasteiger partial charge is 0.273 e. The molecule has 0 bridgehead atoms. The van der Waals surface area contributed by atoms with E-state index in [1.54, 1.807) is 18.2 Å². The summed E-state index contributed by atoms with van der Waals surface area (Å²) >= 11 is 3.32. The summed E-state index contributed by atoms with van der Waals surface area (Å²) in [6, 6.07) is 13.5. The molecular weight excluding hydrogens is 350 g/mol. The Morgan fingerprint density at radius 2 is 1.91 bits per heavy atom. The van der Waals surface area contributed by atoms with Crippen molar-refractivity contribution < 1.29 is 9.72 Å². The monoisotopic (exact) mass is 361 g/mol. The number of nitrogens with zero attached hydrogens (tertiary/aromatic N) is 2. The van der Waals surface area contributed by atoms with E-state index in [0.717, 1.165) is 10.0 Å². The minimum Gasteiger partial charge on any atom is -0.273 e. The van der Waals surface area contributed by atoms with Gasteiger partial charge in [-0.25, -0.2) is 5.43 Å². The Hall–Kier alpha value is -2.54. The molecule has 1 amide bonds. The fourth-order valence-corrected chi connectivity index (χ4v) is 2.04. The van der Waals surface area contributed by atoms with Crippen LogP contribution in [0.2, 0.25) is 0 Å². The van der Waals surface area contributed by atoms with Crippen molar-refractivity contribution >= 4 is 33.7 Å². The number of hydrogen-bond donors (Lipinski definition) is 1. The van der Waals surface area contributed by atoms with Gasteiger partial charge in [0.25, 0.3) is 5.69 Å². The van der Waals surface area contributed by atoms with Crippen LogP contribution in [0.1, 0.15) is 11.1 Å². The molecule has 0 spiro atoms. The molecule has 1 N–H and O–H groups in total. The first-order chi connectivity index (χ1) is 10.6. The van der Waals surface area contributed by atoms with Gasteiger partial charge in [-0.2, -0.15) is 5.10 Å². The van der Waals surface area contributed by atoms with Crippen LogP contribution in [0.4, 0.5) is 5.69 Å². The summed E-state index contributed by atoms with van der Waals surface area (Å²) in [4.78, 5) is 22.1. The Morgan fingerprint density at radius 3 is 2.59 bits per heavy atom. The van der Waals surface area contributed by atoms with Gasteiger partial charge in [-0.1, -0.05) is 46.3 Å². The van der Waals surface area contributed by atoms with Gasteiger partial charge in [0, 0.05) is 16.1 Å². The molecule has 0 aliphatic heterocycles. The SMILES string of the molecule is O=C(Cc1ccccc1[N+](=O)[O-])N/N=C/c1ccc(Br)cc1. The Kier molecular flexibility index (Phi) is 5.37. The normalized spacial score (nSPS) is 10.6. The zero-order valence-corrected chi connectivity index (χ0v) is 13.0. The third-order valence-electron chi connectivity index (χ3n) is 2.81. The number of nitro benzene ring substituents is 1. The van der Waals surface area contributed by atoms with Crippen LogP contribution >= 0.6 is 15.9 Å². The first-order valence-corrected chi connectivity index (χ1v) is 7.15. The molecule has 0 unspecified atom stereocenters. The van der Waals surface area contributed by atoms with Gasteiger partial charge in [-0.05, 0) is 17.7 Å². The number of para-hydroxylation sites is 1. The first-order valence-electron chi connectivity index (χ1n) is 6.36. The number of hydrogen-bond acceptors (Lipinski definition) is 4. The van der Waals surface area contributed by atoms with Crippen LogP contribution in [0.15, 0.2) is 58.1 Å². The van der Waals surface area contributed by atoms with E-state index in [2.05, 4.69) is 26.5 Å². The van der Waals surface area contributed by atoms with E-state index in [1.165, 1.54) is 12.3 Å². The topological polar surface area (TPSA) is 84.6 Å². The number of nitrogens with one attached hydrogen (secondary N) is 1. The summed E-state index contributed by atoms with van der Waals surface area (Å²) in [5.74, 6) is -0.414. The lowest BCUT2D eigenvalue weighted by molar-refractivity contribution is -0.385. The summed E-state index contributed by atoms with van der Waals surface area (Å²) in [6.07, 6.45) is 1.40. The van der Waals surface area contributed by atoms with Gasteiger partial charge < -0.3 is 0 Å². The summed E-state index contributed by atoms with van der Waals surface area (Å²) in [7, 11) is 0. The fraction of sp³-hybridized carbons (Fsp3) is 0.0667. The van der Waals surface area contributed by atoms with Crippen LogP contribution in [0.3, 0.4) is 0 Å². The number of carbonyl (C=O) groups is 1. The Morgan fingerprint density at radius 1 is 1.23 bits per heavy atom. The van der Waals surface area contributed by atoms with Crippen molar-refractivity contribution in [2.24, 2.45) is 5.10 Å². The second kappa shape index (κ2) is 7.46. The van der Waals surface area contributed by atoms with Gasteiger partial charge in [0.2, 0.25) is 5.91 Å². The lowest BCUT2D eigenvalue weighted by atomic mass is 10.1. The molecule has 0 atom stereocenters. The average Bonchev–Trinajstić information content (AvgIpc) is 2.49. The average molecular weight is 362 g/mol. The number of rotatable bonds is 5. The van der Waals surface area contributed by atoms with Gasteiger partial charge in [-0.3, -0.25) is 14.9 Å². The van der Waals surface area contributed by atoms with Gasteiger partial charge in [-0.15, -0.1) is 0 Å². The summed E-state index contributed by atoms with van der Waals surface area (Å²) in [6.45, 7) is 0. The highest BCUT2D eigenvalue weighted by atomic mass is 79.9. The van der Waals surface area contributed by atoms with Crippen molar-refractivity contribution in [2.75, 3.05) is 0 Å². The molecule has 2 aromatic carbocycles. The number of hydrazone groups is 1. The lowest BCUT2D eigenvalue weighted by Gasteiger charge is -2.01. The third kappa shape index (κ3) is 4.49. The molecule has 112 valence electrons. The highest BCUT2D eigenvalue weighted by Crippen LogP contribution is 2.17. The van der Waals surface area contributed by atoms with E-state index in [1.807, 2.05) is 24.3 Å². The molecule has 0 radical (unpaired) electrons. The van der Waals surface area contributed by atoms with Crippen molar-refractivity contribution in [2.45, 2.75) is 6.42 Å². The third-order valence-corrected chi connectivity index (χ3v) is 3.34. The van der Waals surface area contributed by atoms with Crippen molar-refractivity contribution in [3.63, 3.8) is 0 Å². The van der Waals surface area contributed by atoms with E-state index in [0.29, 0.717) is 5.56 Å². The van der Waals surface area contributed by atoms with Crippen molar-refractivity contribution in [1.29, 1.82) is 0 Å². The second-order valence-corrected chi connectivity index (χ2v) is 5.32. The quantitative estimate of drug-likeness (QED) is 0.504. The number of nitro groups is 1. The summed E-state index contributed by atoms with van der Waals surface area (Å²) in [5, 5.41) is 14.7. The molecule has 6 nitrogen and oxygen atoms in total. The van der Waals surface area contributed by atoms with Crippen LogP contribution in [-0.4, -0.2) is 17.0 Å². The van der Waals surface area contributed by atoms with Crippen LogP contribution in [-0.2, 0) is 11.2 Å². The standard InChI is InChI=1S/C15H12BrN3O3/c16-13-7-5-11(6-8-13)10-17-18-15(20)9-12-3-1-2-4-14(12)19(21)22/h1-8,10H,9H2,(H,18,20)/b17-10+. The maximum Gasteiger partial charge on any atom is 0.273 e. The molecule has 0 fully saturated rings. The van der Waals surface area contributed by atoms with E-state index in [4.69, 9.17) is 0 Å². The number of halogens is 1. The van der Waals surface area contributed by atoms with Crippen LogP contribution in [0.25, 0.3) is 0 Å². The number of carbonyl (C=O) groups excluding carboxylic acids is 1. The van der Waals surface area contributed by atoms with Crippen molar-refractivity contribution in [1.82, 2.24) is 5.43 Å². The highest BCUT2D eigenvalue weighted by molar-refractivity contribution is 9.10. The minimum atomic E-state index is -0.506. The summed E-state index contributed by atoms with van der Waals surface area (Å²) in [5.41, 5.74) is 3.46. The van der Waals surface area contributed by atoms with Crippen molar-refractivity contribution in [3.8, 4) is 0 Å². The Labute approximate surface area is 135 Å². The van der Waals surface area contributed by atoms with Gasteiger partial charge in [0.15, 0.2) is 0 Å². The number of amides is 1. The molecule has 0 saturated carbocycles. The molecule has 7 heteroatoms. The predicted octanol–water partition coefficient (Wildman–Crippen LogP) is 3.05. The molecule has 2 rings (SSSR count). The van der Waals surface area contributed by atoms with E-state index < -0.39 is 10.8 Å². The Balaban J connectivity index is 1.96. The maximum absolute atomic E-state index is 11.8.